The van der Waals surface area contributed by atoms with Gasteiger partial charge in [-0.05, 0) is 61.5 Å². The monoisotopic (exact) mass is 416 g/mol. The SMILES string of the molecule is COCC1Cc2cc(-c3c4ccccc4c(-c4ccccc4)c4ccccc34)ccc2O1. The first-order valence-corrected chi connectivity index (χ1v) is 11.1. The summed E-state index contributed by atoms with van der Waals surface area (Å²) in [7, 11) is 1.73. The fraction of sp³-hybridized carbons (Fsp3) is 0.133. The van der Waals surface area contributed by atoms with Crippen LogP contribution >= 0.6 is 0 Å². The van der Waals surface area contributed by atoms with Crippen molar-refractivity contribution in [2.45, 2.75) is 12.5 Å². The van der Waals surface area contributed by atoms with Gasteiger partial charge in [-0.3, -0.25) is 0 Å². The molecule has 0 aliphatic carbocycles. The van der Waals surface area contributed by atoms with Crippen molar-refractivity contribution in [1.82, 2.24) is 0 Å². The van der Waals surface area contributed by atoms with Crippen LogP contribution in [0.3, 0.4) is 0 Å². The topological polar surface area (TPSA) is 18.5 Å². The number of hydrogen-bond acceptors (Lipinski definition) is 2. The van der Waals surface area contributed by atoms with Crippen LogP contribution in [0.5, 0.6) is 5.75 Å². The maximum absolute atomic E-state index is 6.07. The van der Waals surface area contributed by atoms with Gasteiger partial charge in [0.05, 0.1) is 6.61 Å². The summed E-state index contributed by atoms with van der Waals surface area (Å²) in [5.74, 6) is 0.977. The molecular weight excluding hydrogens is 392 g/mol. The highest BCUT2D eigenvalue weighted by Gasteiger charge is 2.24. The Morgan fingerprint density at radius 1 is 0.688 bits per heavy atom. The van der Waals surface area contributed by atoms with Crippen molar-refractivity contribution in [2.75, 3.05) is 13.7 Å². The van der Waals surface area contributed by atoms with Crippen LogP contribution in [0.2, 0.25) is 0 Å². The standard InChI is InChI=1S/C30H24O2/c1-31-19-23-18-22-17-21(15-16-28(22)32-23)30-26-13-7-5-11-24(26)29(20-9-3-2-4-10-20)25-12-6-8-14-27(25)30/h2-17,23H,18-19H2,1H3. The zero-order chi connectivity index (χ0) is 21.5. The molecule has 6 rings (SSSR count). The molecule has 32 heavy (non-hydrogen) atoms. The zero-order valence-corrected chi connectivity index (χ0v) is 18.0. The van der Waals surface area contributed by atoms with E-state index in [1.54, 1.807) is 7.11 Å². The second-order valence-corrected chi connectivity index (χ2v) is 8.43. The summed E-state index contributed by atoms with van der Waals surface area (Å²) >= 11 is 0. The minimum atomic E-state index is 0.0965. The number of hydrogen-bond donors (Lipinski definition) is 0. The summed E-state index contributed by atoms with van der Waals surface area (Å²) < 4.78 is 11.4. The lowest BCUT2D eigenvalue weighted by molar-refractivity contribution is 0.0951. The van der Waals surface area contributed by atoms with Gasteiger partial charge in [0, 0.05) is 13.5 Å². The van der Waals surface area contributed by atoms with E-state index in [9.17, 15) is 0 Å². The van der Waals surface area contributed by atoms with E-state index >= 15 is 0 Å². The Labute approximate surface area is 188 Å². The van der Waals surface area contributed by atoms with Crippen molar-refractivity contribution in [1.29, 1.82) is 0 Å². The molecule has 1 unspecified atom stereocenters. The van der Waals surface area contributed by atoms with E-state index in [1.807, 2.05) is 0 Å². The Balaban J connectivity index is 1.64. The van der Waals surface area contributed by atoms with Gasteiger partial charge in [0.2, 0.25) is 0 Å². The first-order chi connectivity index (χ1) is 15.8. The molecule has 0 saturated heterocycles. The van der Waals surface area contributed by atoms with Crippen LogP contribution in [-0.2, 0) is 11.2 Å². The predicted octanol–water partition coefficient (Wildman–Crippen LogP) is 7.28. The third kappa shape index (κ3) is 3.07. The minimum absolute atomic E-state index is 0.0965. The van der Waals surface area contributed by atoms with E-state index in [0.29, 0.717) is 6.61 Å². The normalized spacial score (nSPS) is 15.1. The Hall–Kier alpha value is -3.62. The summed E-state index contributed by atoms with van der Waals surface area (Å²) in [6, 6.07) is 34.9. The summed E-state index contributed by atoms with van der Waals surface area (Å²) in [6.45, 7) is 0.613. The fourth-order valence-electron chi connectivity index (χ4n) is 5.11. The molecule has 0 saturated carbocycles. The highest BCUT2D eigenvalue weighted by Crippen LogP contribution is 2.44. The van der Waals surface area contributed by atoms with Crippen molar-refractivity contribution in [2.24, 2.45) is 0 Å². The van der Waals surface area contributed by atoms with Crippen molar-refractivity contribution in [3.05, 3.63) is 103 Å². The number of ether oxygens (including phenoxy) is 2. The Bertz CT molecular complexity index is 1380. The average Bonchev–Trinajstić information content (AvgIpc) is 3.25. The Morgan fingerprint density at radius 2 is 1.25 bits per heavy atom. The average molecular weight is 417 g/mol. The molecule has 5 aromatic carbocycles. The quantitative estimate of drug-likeness (QED) is 0.287. The fourth-order valence-corrected chi connectivity index (χ4v) is 5.11. The molecule has 0 radical (unpaired) electrons. The highest BCUT2D eigenvalue weighted by molar-refractivity contribution is 6.21. The largest absolute Gasteiger partial charge is 0.487 e. The molecule has 1 aliphatic heterocycles. The summed E-state index contributed by atoms with van der Waals surface area (Å²) in [6.07, 6.45) is 0.980. The second kappa shape index (κ2) is 7.81. The summed E-state index contributed by atoms with van der Waals surface area (Å²) in [5, 5.41) is 5.11. The molecular formula is C30H24O2. The molecule has 0 N–H and O–H groups in total. The van der Waals surface area contributed by atoms with Gasteiger partial charge in [-0.2, -0.15) is 0 Å². The summed E-state index contributed by atoms with van der Waals surface area (Å²) in [5.41, 5.74) is 6.32. The van der Waals surface area contributed by atoms with E-state index in [2.05, 4.69) is 97.1 Å². The number of fused-ring (bicyclic) bond motifs is 3. The van der Waals surface area contributed by atoms with E-state index in [0.717, 1.165) is 12.2 Å². The van der Waals surface area contributed by atoms with Crippen molar-refractivity contribution in [3.63, 3.8) is 0 Å². The molecule has 1 aliphatic rings. The lowest BCUT2D eigenvalue weighted by Crippen LogP contribution is -2.19. The number of rotatable bonds is 4. The molecule has 2 heteroatoms. The van der Waals surface area contributed by atoms with Crippen LogP contribution in [0, 0.1) is 0 Å². The highest BCUT2D eigenvalue weighted by atomic mass is 16.5. The molecule has 2 nitrogen and oxygen atoms in total. The molecule has 0 amide bonds. The van der Waals surface area contributed by atoms with E-state index in [-0.39, 0.29) is 6.10 Å². The predicted molar refractivity (Wildman–Crippen MR) is 132 cm³/mol. The molecule has 0 spiro atoms. The van der Waals surface area contributed by atoms with Crippen molar-refractivity contribution >= 4 is 21.5 Å². The first kappa shape index (κ1) is 19.1. The van der Waals surface area contributed by atoms with Gasteiger partial charge >= 0.3 is 0 Å². The van der Waals surface area contributed by atoms with E-state index < -0.39 is 0 Å². The molecule has 0 aromatic heterocycles. The molecule has 1 heterocycles. The van der Waals surface area contributed by atoms with E-state index in [4.69, 9.17) is 9.47 Å². The molecule has 0 bridgehead atoms. The van der Waals surface area contributed by atoms with Crippen LogP contribution in [0.1, 0.15) is 5.56 Å². The third-order valence-corrected chi connectivity index (χ3v) is 6.44. The third-order valence-electron chi connectivity index (χ3n) is 6.44. The van der Waals surface area contributed by atoms with Gasteiger partial charge in [-0.15, -0.1) is 0 Å². The first-order valence-electron chi connectivity index (χ1n) is 11.1. The lowest BCUT2D eigenvalue weighted by Gasteiger charge is -2.18. The Morgan fingerprint density at radius 3 is 1.84 bits per heavy atom. The smallest absolute Gasteiger partial charge is 0.126 e. The maximum Gasteiger partial charge on any atom is 0.126 e. The molecule has 156 valence electrons. The van der Waals surface area contributed by atoms with Crippen LogP contribution < -0.4 is 4.74 Å². The zero-order valence-electron chi connectivity index (χ0n) is 18.0. The van der Waals surface area contributed by atoms with Crippen LogP contribution in [-0.4, -0.2) is 19.8 Å². The number of benzene rings is 5. The molecule has 5 aromatic rings. The van der Waals surface area contributed by atoms with Crippen LogP contribution in [0.15, 0.2) is 97.1 Å². The van der Waals surface area contributed by atoms with Gasteiger partial charge in [0.15, 0.2) is 0 Å². The Kier molecular flexibility index (Phi) is 4.66. The maximum atomic E-state index is 6.07. The van der Waals surface area contributed by atoms with E-state index in [1.165, 1.54) is 49.4 Å². The summed E-state index contributed by atoms with van der Waals surface area (Å²) in [4.78, 5) is 0. The minimum Gasteiger partial charge on any atom is -0.487 e. The van der Waals surface area contributed by atoms with Gasteiger partial charge in [-0.1, -0.05) is 84.9 Å². The van der Waals surface area contributed by atoms with Gasteiger partial charge in [-0.25, -0.2) is 0 Å². The lowest BCUT2D eigenvalue weighted by atomic mass is 9.85. The second-order valence-electron chi connectivity index (χ2n) is 8.43. The van der Waals surface area contributed by atoms with Gasteiger partial charge in [0.1, 0.15) is 11.9 Å². The molecule has 0 fully saturated rings. The van der Waals surface area contributed by atoms with Crippen LogP contribution in [0.25, 0.3) is 43.8 Å². The van der Waals surface area contributed by atoms with Crippen LogP contribution in [0.4, 0.5) is 0 Å². The van der Waals surface area contributed by atoms with Gasteiger partial charge < -0.3 is 9.47 Å². The van der Waals surface area contributed by atoms with Crippen molar-refractivity contribution in [3.8, 4) is 28.0 Å². The number of methoxy groups -OCH3 is 1. The van der Waals surface area contributed by atoms with Gasteiger partial charge in [0.25, 0.3) is 0 Å². The molecule has 1 atom stereocenters. The van der Waals surface area contributed by atoms with Crippen molar-refractivity contribution < 1.29 is 9.47 Å².